The third-order valence-corrected chi connectivity index (χ3v) is 5.32. The number of aromatic amines is 1. The number of hydrogen-bond donors (Lipinski definition) is 3. The molecule has 0 aliphatic rings. The van der Waals surface area contributed by atoms with Crippen LogP contribution in [0, 0.1) is 0 Å². The number of carbonyl (C=O) groups is 2. The second kappa shape index (κ2) is 9.90. The van der Waals surface area contributed by atoms with Crippen molar-refractivity contribution >= 4 is 34.1 Å². The maximum Gasteiger partial charge on any atom is 0.416 e. The Balaban J connectivity index is 1.43. The van der Waals surface area contributed by atoms with Crippen molar-refractivity contribution in [1.29, 1.82) is 0 Å². The summed E-state index contributed by atoms with van der Waals surface area (Å²) >= 11 is 0. The molecule has 4 aromatic rings. The number of aryl methyl sites for hydroxylation is 1. The van der Waals surface area contributed by atoms with E-state index in [0.29, 0.717) is 10.9 Å². The number of halogens is 3. The average molecular weight is 496 g/mol. The number of anilines is 2. The number of nitrogens with one attached hydrogen (secondary N) is 3. The van der Waals surface area contributed by atoms with Crippen LogP contribution in [0.25, 0.3) is 10.9 Å². The van der Waals surface area contributed by atoms with Gasteiger partial charge in [-0.15, -0.1) is 0 Å². The van der Waals surface area contributed by atoms with Crippen LogP contribution in [-0.2, 0) is 17.5 Å². The lowest BCUT2D eigenvalue weighted by atomic mass is 10.1. The largest absolute Gasteiger partial charge is 0.416 e. The van der Waals surface area contributed by atoms with Crippen LogP contribution in [0.5, 0.6) is 0 Å². The second-order valence-corrected chi connectivity index (χ2v) is 7.84. The monoisotopic (exact) mass is 496 g/mol. The van der Waals surface area contributed by atoms with Gasteiger partial charge in [0.05, 0.1) is 16.5 Å². The first-order chi connectivity index (χ1) is 17.1. The van der Waals surface area contributed by atoms with Gasteiger partial charge in [-0.3, -0.25) is 23.9 Å². The topological polar surface area (TPSA) is 113 Å². The van der Waals surface area contributed by atoms with E-state index in [9.17, 15) is 32.3 Å². The first-order valence-electron chi connectivity index (χ1n) is 10.7. The number of H-pyrrole nitrogens is 1. The van der Waals surface area contributed by atoms with Crippen molar-refractivity contribution in [1.82, 2.24) is 9.55 Å². The normalized spacial score (nSPS) is 11.3. The summed E-state index contributed by atoms with van der Waals surface area (Å²) in [6.07, 6.45) is -4.64. The van der Waals surface area contributed by atoms with Crippen LogP contribution in [0.1, 0.15) is 22.3 Å². The molecule has 2 amide bonds. The van der Waals surface area contributed by atoms with Crippen LogP contribution in [0.2, 0.25) is 0 Å². The number of amides is 2. The van der Waals surface area contributed by atoms with Gasteiger partial charge in [0.25, 0.3) is 11.5 Å². The van der Waals surface area contributed by atoms with E-state index in [1.54, 1.807) is 30.3 Å². The highest BCUT2D eigenvalue weighted by Crippen LogP contribution is 2.30. The molecule has 0 aliphatic heterocycles. The lowest BCUT2D eigenvalue weighted by Crippen LogP contribution is -2.31. The number of benzene rings is 3. The molecule has 0 unspecified atom stereocenters. The maximum absolute atomic E-state index is 12.9. The van der Waals surface area contributed by atoms with E-state index in [1.807, 2.05) is 0 Å². The number of fused-ring (bicyclic) bond motifs is 1. The SMILES string of the molecule is O=C(CCn1c(=O)[nH]c(=O)c2ccccc21)Nc1cccc(C(=O)Nc2cccc(C(F)(F)F)c2)c1. The van der Waals surface area contributed by atoms with Crippen LogP contribution < -0.4 is 21.9 Å². The molecule has 0 spiro atoms. The van der Waals surface area contributed by atoms with E-state index in [2.05, 4.69) is 15.6 Å². The van der Waals surface area contributed by atoms with Crippen molar-refractivity contribution < 1.29 is 22.8 Å². The minimum absolute atomic E-state index is 0.00230. The molecule has 0 radical (unpaired) electrons. The number of rotatable bonds is 6. The van der Waals surface area contributed by atoms with Gasteiger partial charge in [-0.2, -0.15) is 13.2 Å². The highest BCUT2D eigenvalue weighted by atomic mass is 19.4. The van der Waals surface area contributed by atoms with Crippen molar-refractivity contribution in [2.75, 3.05) is 10.6 Å². The third kappa shape index (κ3) is 5.52. The van der Waals surface area contributed by atoms with Crippen molar-refractivity contribution in [2.24, 2.45) is 0 Å². The fourth-order valence-electron chi connectivity index (χ4n) is 3.62. The maximum atomic E-state index is 12.9. The summed E-state index contributed by atoms with van der Waals surface area (Å²) in [5.41, 5.74) is -1.27. The van der Waals surface area contributed by atoms with E-state index < -0.39 is 34.8 Å². The highest BCUT2D eigenvalue weighted by molar-refractivity contribution is 6.05. The number of para-hydroxylation sites is 1. The number of alkyl halides is 3. The summed E-state index contributed by atoms with van der Waals surface area (Å²) in [4.78, 5) is 51.5. The fraction of sp³-hybridized carbons (Fsp3) is 0.120. The molecule has 0 aliphatic carbocycles. The average Bonchev–Trinajstić information content (AvgIpc) is 2.84. The summed E-state index contributed by atoms with van der Waals surface area (Å²) in [5.74, 6) is -1.11. The van der Waals surface area contributed by atoms with E-state index in [0.717, 1.165) is 12.1 Å². The van der Waals surface area contributed by atoms with Crippen molar-refractivity contribution in [2.45, 2.75) is 19.1 Å². The highest BCUT2D eigenvalue weighted by Gasteiger charge is 2.30. The number of carbonyl (C=O) groups excluding carboxylic acids is 2. The zero-order valence-electron chi connectivity index (χ0n) is 18.6. The van der Waals surface area contributed by atoms with Crippen molar-refractivity contribution in [3.05, 3.63) is 105 Å². The number of nitrogens with zero attached hydrogens (tertiary/aromatic N) is 1. The Kier molecular flexibility index (Phi) is 6.73. The van der Waals surface area contributed by atoms with Crippen LogP contribution in [-0.4, -0.2) is 21.4 Å². The van der Waals surface area contributed by atoms with E-state index in [1.165, 1.54) is 34.9 Å². The molecule has 0 saturated carbocycles. The Morgan fingerprint density at radius 2 is 1.56 bits per heavy atom. The Labute approximate surface area is 201 Å². The molecular formula is C25H19F3N4O4. The Morgan fingerprint density at radius 1 is 0.861 bits per heavy atom. The van der Waals surface area contributed by atoms with Crippen LogP contribution in [0.15, 0.2) is 82.4 Å². The van der Waals surface area contributed by atoms with Gasteiger partial charge in [0.15, 0.2) is 0 Å². The molecule has 184 valence electrons. The van der Waals surface area contributed by atoms with Gasteiger partial charge in [-0.1, -0.05) is 24.3 Å². The van der Waals surface area contributed by atoms with Crippen LogP contribution >= 0.6 is 0 Å². The van der Waals surface area contributed by atoms with E-state index in [-0.39, 0.29) is 29.9 Å². The standard InChI is InChI=1S/C25H19F3N4O4/c26-25(27,28)16-6-4-8-18(14-16)30-22(34)15-5-3-7-17(13-15)29-21(33)11-12-32-20-10-2-1-9-19(20)23(35)31-24(32)36/h1-10,13-14H,11-12H2,(H,29,33)(H,30,34)(H,31,35,36). The molecule has 8 nitrogen and oxygen atoms in total. The van der Waals surface area contributed by atoms with Gasteiger partial charge in [-0.05, 0) is 48.5 Å². The second-order valence-electron chi connectivity index (χ2n) is 7.84. The molecule has 4 rings (SSSR count). The Bertz CT molecular complexity index is 1570. The van der Waals surface area contributed by atoms with Gasteiger partial charge < -0.3 is 10.6 Å². The minimum atomic E-state index is -4.54. The molecule has 0 saturated heterocycles. The zero-order chi connectivity index (χ0) is 25.9. The molecule has 3 N–H and O–H groups in total. The summed E-state index contributed by atoms with van der Waals surface area (Å²) < 4.78 is 40.0. The zero-order valence-corrected chi connectivity index (χ0v) is 18.6. The van der Waals surface area contributed by atoms with E-state index in [4.69, 9.17) is 0 Å². The quantitative estimate of drug-likeness (QED) is 0.375. The molecule has 1 heterocycles. The smallest absolute Gasteiger partial charge is 0.326 e. The Morgan fingerprint density at radius 3 is 2.31 bits per heavy atom. The van der Waals surface area contributed by atoms with Crippen LogP contribution in [0.3, 0.4) is 0 Å². The van der Waals surface area contributed by atoms with Gasteiger partial charge in [0.1, 0.15) is 0 Å². The van der Waals surface area contributed by atoms with Gasteiger partial charge in [0, 0.05) is 29.9 Å². The van der Waals surface area contributed by atoms with Gasteiger partial charge in [0.2, 0.25) is 5.91 Å². The molecule has 0 bridgehead atoms. The lowest BCUT2D eigenvalue weighted by molar-refractivity contribution is -0.137. The predicted molar refractivity (Wildman–Crippen MR) is 128 cm³/mol. The number of aromatic nitrogens is 2. The summed E-state index contributed by atoms with van der Waals surface area (Å²) in [6.45, 7) is -0.00230. The first kappa shape index (κ1) is 24.5. The molecule has 3 aromatic carbocycles. The van der Waals surface area contributed by atoms with Gasteiger partial charge in [-0.25, -0.2) is 4.79 Å². The van der Waals surface area contributed by atoms with Crippen LogP contribution in [0.4, 0.5) is 24.5 Å². The first-order valence-corrected chi connectivity index (χ1v) is 10.7. The third-order valence-electron chi connectivity index (χ3n) is 5.32. The number of hydrogen-bond acceptors (Lipinski definition) is 4. The van der Waals surface area contributed by atoms with Crippen molar-refractivity contribution in [3.8, 4) is 0 Å². The summed E-state index contributed by atoms with van der Waals surface area (Å²) in [5, 5.41) is 5.35. The van der Waals surface area contributed by atoms with Crippen molar-refractivity contribution in [3.63, 3.8) is 0 Å². The summed E-state index contributed by atoms with van der Waals surface area (Å²) in [7, 11) is 0. The predicted octanol–water partition coefficient (Wildman–Crippen LogP) is 3.99. The molecule has 0 fully saturated rings. The molecule has 36 heavy (non-hydrogen) atoms. The molecule has 0 atom stereocenters. The van der Waals surface area contributed by atoms with E-state index >= 15 is 0 Å². The minimum Gasteiger partial charge on any atom is -0.326 e. The molecular weight excluding hydrogens is 477 g/mol. The molecule has 1 aromatic heterocycles. The van der Waals surface area contributed by atoms with Gasteiger partial charge >= 0.3 is 11.9 Å². The fourth-order valence-corrected chi connectivity index (χ4v) is 3.62. The molecule has 11 heteroatoms. The lowest BCUT2D eigenvalue weighted by Gasteiger charge is -2.11. The summed E-state index contributed by atoms with van der Waals surface area (Å²) in [6, 6.07) is 16.6. The Hall–Kier alpha value is -4.67.